The van der Waals surface area contributed by atoms with Crippen LogP contribution in [0.25, 0.3) is 0 Å². The molecule has 29 heavy (non-hydrogen) atoms. The predicted molar refractivity (Wildman–Crippen MR) is 104 cm³/mol. The Morgan fingerprint density at radius 3 is 2.93 bits per heavy atom. The van der Waals surface area contributed by atoms with Crippen LogP contribution in [0.4, 0.5) is 4.79 Å². The third-order valence-electron chi connectivity index (χ3n) is 4.36. The van der Waals surface area contributed by atoms with Crippen molar-refractivity contribution >= 4 is 23.6 Å². The quantitative estimate of drug-likeness (QED) is 0.735. The lowest BCUT2D eigenvalue weighted by Crippen LogP contribution is -2.46. The smallest absolute Gasteiger partial charge is 0.416 e. The van der Waals surface area contributed by atoms with Crippen LogP contribution < -0.4 is 11.1 Å². The lowest BCUT2D eigenvalue weighted by atomic mass is 10.1. The molecule has 9 nitrogen and oxygen atoms in total. The van der Waals surface area contributed by atoms with E-state index in [2.05, 4.69) is 14.7 Å². The van der Waals surface area contributed by atoms with Gasteiger partial charge in [-0.15, -0.1) is 0 Å². The van der Waals surface area contributed by atoms with Gasteiger partial charge in [-0.1, -0.05) is 17.7 Å². The van der Waals surface area contributed by atoms with Crippen LogP contribution in [0.15, 0.2) is 33.6 Å². The summed E-state index contributed by atoms with van der Waals surface area (Å²) in [6.07, 6.45) is 1.04. The molecule has 0 spiro atoms. The largest absolute Gasteiger partial charge is 0.445 e. The van der Waals surface area contributed by atoms with Crippen molar-refractivity contribution in [3.05, 3.63) is 56.9 Å². The van der Waals surface area contributed by atoms with E-state index in [1.807, 2.05) is 19.1 Å². The van der Waals surface area contributed by atoms with Crippen LogP contribution in [0.3, 0.4) is 0 Å². The zero-order chi connectivity index (χ0) is 20.8. The maximum Gasteiger partial charge on any atom is 0.416 e. The second-order valence-corrected chi connectivity index (χ2v) is 7.15. The first-order valence-electron chi connectivity index (χ1n) is 9.17. The molecule has 2 amide bonds. The molecule has 156 valence electrons. The zero-order valence-corrected chi connectivity index (χ0v) is 16.7. The number of morpholine rings is 1. The van der Waals surface area contributed by atoms with Crippen molar-refractivity contribution in [1.82, 2.24) is 15.2 Å². The Morgan fingerprint density at radius 1 is 1.38 bits per heavy atom. The first-order valence-corrected chi connectivity index (χ1v) is 9.54. The Bertz CT molecular complexity index is 904. The summed E-state index contributed by atoms with van der Waals surface area (Å²) in [5.74, 6) is -1.26. The van der Waals surface area contributed by atoms with Gasteiger partial charge in [0.15, 0.2) is 0 Å². The van der Waals surface area contributed by atoms with Crippen LogP contribution in [-0.4, -0.2) is 54.2 Å². The Morgan fingerprint density at radius 2 is 2.21 bits per heavy atom. The summed E-state index contributed by atoms with van der Waals surface area (Å²) in [6.45, 7) is 3.56. The molecule has 0 saturated carbocycles. The van der Waals surface area contributed by atoms with E-state index in [-0.39, 0.29) is 18.5 Å². The van der Waals surface area contributed by atoms with Crippen LogP contribution >= 0.6 is 11.6 Å². The molecule has 2 aromatic rings. The van der Waals surface area contributed by atoms with E-state index in [0.29, 0.717) is 37.7 Å². The second-order valence-electron chi connectivity index (χ2n) is 6.72. The first-order chi connectivity index (χ1) is 13.9. The number of nitrogens with zero attached hydrogens (tertiary/aromatic N) is 1. The maximum absolute atomic E-state index is 12.4. The molecule has 2 heterocycles. The summed E-state index contributed by atoms with van der Waals surface area (Å²) in [4.78, 5) is 39.0. The lowest BCUT2D eigenvalue weighted by Gasteiger charge is -2.32. The number of rotatable bonds is 6. The number of oxazole rings is 1. The Hall–Kier alpha value is -2.78. The number of nitrogens with one attached hydrogen (secondary N) is 2. The highest BCUT2D eigenvalue weighted by Gasteiger charge is 2.25. The van der Waals surface area contributed by atoms with Gasteiger partial charge in [0, 0.05) is 18.1 Å². The number of hydrogen-bond acceptors (Lipinski definition) is 6. The monoisotopic (exact) mass is 423 g/mol. The van der Waals surface area contributed by atoms with Gasteiger partial charge in [0.1, 0.15) is 6.61 Å². The molecule has 1 aliphatic heterocycles. The zero-order valence-electron chi connectivity index (χ0n) is 15.9. The van der Waals surface area contributed by atoms with Crippen LogP contribution in [0, 0.1) is 6.92 Å². The Labute approximate surface area is 171 Å². The van der Waals surface area contributed by atoms with E-state index < -0.39 is 17.8 Å². The average molecular weight is 424 g/mol. The molecule has 0 radical (unpaired) electrons. The number of hydrogen-bond donors (Lipinski definition) is 2. The van der Waals surface area contributed by atoms with Crippen molar-refractivity contribution in [2.24, 2.45) is 0 Å². The highest BCUT2D eigenvalue weighted by atomic mass is 35.5. The Balaban J connectivity index is 1.42. The fourth-order valence-corrected chi connectivity index (χ4v) is 3.33. The van der Waals surface area contributed by atoms with Gasteiger partial charge in [0.05, 0.1) is 25.5 Å². The topological polar surface area (TPSA) is 114 Å². The average Bonchev–Trinajstić information content (AvgIpc) is 3.12. The SMILES string of the molecule is Cc1cc(Cl)cc(COC(=O)N2CCOC(CCNC(=O)c3c[nH]c(=O)o3)C2)c1. The normalized spacial score (nSPS) is 16.5. The van der Waals surface area contributed by atoms with E-state index >= 15 is 0 Å². The van der Waals surface area contributed by atoms with Crippen molar-refractivity contribution in [1.29, 1.82) is 0 Å². The van der Waals surface area contributed by atoms with Gasteiger partial charge in [0.25, 0.3) is 5.91 Å². The summed E-state index contributed by atoms with van der Waals surface area (Å²) in [7, 11) is 0. The standard InChI is InChI=1S/C19H22ClN3O6/c1-12-6-13(8-14(20)7-12)11-28-19(26)23-4-5-27-15(10-23)2-3-21-17(24)16-9-22-18(25)29-16/h6-9,15H,2-5,10-11H2,1H3,(H,21,24)(H,22,25). The third kappa shape index (κ3) is 6.10. The van der Waals surface area contributed by atoms with Gasteiger partial charge in [-0.05, 0) is 36.6 Å². The van der Waals surface area contributed by atoms with Gasteiger partial charge < -0.3 is 24.1 Å². The molecular formula is C19H22ClN3O6. The summed E-state index contributed by atoms with van der Waals surface area (Å²) < 4.78 is 15.7. The third-order valence-corrected chi connectivity index (χ3v) is 4.58. The number of amides is 2. The summed E-state index contributed by atoms with van der Waals surface area (Å²) in [6, 6.07) is 5.51. The van der Waals surface area contributed by atoms with Crippen LogP contribution in [0.2, 0.25) is 5.02 Å². The van der Waals surface area contributed by atoms with E-state index in [1.54, 1.807) is 11.0 Å². The molecule has 1 aliphatic rings. The first kappa shape index (κ1) is 20.9. The van der Waals surface area contributed by atoms with Crippen molar-refractivity contribution in [3.63, 3.8) is 0 Å². The minimum atomic E-state index is -0.687. The minimum Gasteiger partial charge on any atom is -0.445 e. The van der Waals surface area contributed by atoms with Gasteiger partial charge in [-0.2, -0.15) is 0 Å². The van der Waals surface area contributed by atoms with Crippen LogP contribution in [0.1, 0.15) is 28.1 Å². The number of halogens is 1. The molecule has 1 saturated heterocycles. The van der Waals surface area contributed by atoms with E-state index in [0.717, 1.165) is 11.1 Å². The highest BCUT2D eigenvalue weighted by molar-refractivity contribution is 6.30. The fourth-order valence-electron chi connectivity index (χ4n) is 3.02. The summed E-state index contributed by atoms with van der Waals surface area (Å²) >= 11 is 6.02. The molecule has 1 aromatic carbocycles. The van der Waals surface area contributed by atoms with Crippen molar-refractivity contribution in [2.75, 3.05) is 26.2 Å². The Kier molecular flexibility index (Phi) is 6.95. The molecule has 3 rings (SSSR count). The summed E-state index contributed by atoms with van der Waals surface area (Å²) in [5, 5.41) is 3.24. The lowest BCUT2D eigenvalue weighted by molar-refractivity contribution is -0.0309. The molecule has 2 N–H and O–H groups in total. The van der Waals surface area contributed by atoms with E-state index in [4.69, 9.17) is 21.1 Å². The minimum absolute atomic E-state index is 0.0824. The molecule has 1 fully saturated rings. The highest BCUT2D eigenvalue weighted by Crippen LogP contribution is 2.16. The number of aromatic amines is 1. The van der Waals surface area contributed by atoms with Gasteiger partial charge in [0.2, 0.25) is 5.76 Å². The van der Waals surface area contributed by atoms with Crippen molar-refractivity contribution in [3.8, 4) is 0 Å². The molecule has 1 unspecified atom stereocenters. The van der Waals surface area contributed by atoms with E-state index in [1.165, 1.54) is 6.20 Å². The molecule has 10 heteroatoms. The molecule has 0 aliphatic carbocycles. The molecule has 1 atom stereocenters. The van der Waals surface area contributed by atoms with E-state index in [9.17, 15) is 14.4 Å². The number of carbonyl (C=O) groups is 2. The number of benzene rings is 1. The van der Waals surface area contributed by atoms with Gasteiger partial charge in [-0.25, -0.2) is 9.59 Å². The molecule has 0 bridgehead atoms. The number of H-pyrrole nitrogens is 1. The predicted octanol–water partition coefficient (Wildman–Crippen LogP) is 2.09. The number of ether oxygens (including phenoxy) is 2. The number of aromatic nitrogens is 1. The van der Waals surface area contributed by atoms with Gasteiger partial charge in [-0.3, -0.25) is 9.78 Å². The second kappa shape index (κ2) is 9.62. The maximum atomic E-state index is 12.4. The fraction of sp³-hybridized carbons (Fsp3) is 0.421. The summed E-state index contributed by atoms with van der Waals surface area (Å²) in [5.41, 5.74) is 1.82. The molecular weight excluding hydrogens is 402 g/mol. The van der Waals surface area contributed by atoms with Gasteiger partial charge >= 0.3 is 11.8 Å². The van der Waals surface area contributed by atoms with Crippen molar-refractivity contribution in [2.45, 2.75) is 26.1 Å². The number of carbonyl (C=O) groups excluding carboxylic acids is 2. The number of aryl methyl sites for hydroxylation is 1. The van der Waals surface area contributed by atoms with Crippen LogP contribution in [-0.2, 0) is 16.1 Å². The molecule has 1 aromatic heterocycles. The van der Waals surface area contributed by atoms with Crippen LogP contribution in [0.5, 0.6) is 0 Å². The van der Waals surface area contributed by atoms with Crippen molar-refractivity contribution < 1.29 is 23.5 Å².